The largest absolute Gasteiger partial charge is 0.417 e. The number of benzene rings is 1. The first-order chi connectivity index (χ1) is 8.77. The van der Waals surface area contributed by atoms with Crippen molar-refractivity contribution in [2.45, 2.75) is 26.1 Å². The lowest BCUT2D eigenvalue weighted by molar-refractivity contribution is -0.137. The van der Waals surface area contributed by atoms with Crippen LogP contribution in [0.1, 0.15) is 29.8 Å². The standard InChI is InChI=1S/C13H15BrF3NO/c1-8(2)11(7-14)18-12(19)9-5-3-4-6-10(9)13(15,16)17/h3-6,8,11H,7H2,1-2H3,(H,18,19). The molecule has 0 radical (unpaired) electrons. The number of amides is 1. The Morgan fingerprint density at radius 3 is 2.37 bits per heavy atom. The highest BCUT2D eigenvalue weighted by Crippen LogP contribution is 2.31. The molecular formula is C13H15BrF3NO. The molecule has 6 heteroatoms. The maximum Gasteiger partial charge on any atom is 0.417 e. The third-order valence-corrected chi connectivity index (χ3v) is 3.46. The molecule has 0 bridgehead atoms. The summed E-state index contributed by atoms with van der Waals surface area (Å²) in [6.45, 7) is 3.78. The average molecular weight is 338 g/mol. The number of halogens is 4. The summed E-state index contributed by atoms with van der Waals surface area (Å²) in [7, 11) is 0. The van der Waals surface area contributed by atoms with Crippen molar-refractivity contribution >= 4 is 21.8 Å². The molecule has 0 aliphatic carbocycles. The van der Waals surface area contributed by atoms with Gasteiger partial charge in [0.1, 0.15) is 0 Å². The molecule has 0 spiro atoms. The van der Waals surface area contributed by atoms with Gasteiger partial charge in [-0.25, -0.2) is 0 Å². The summed E-state index contributed by atoms with van der Waals surface area (Å²) in [5.41, 5.74) is -1.26. The Bertz CT molecular complexity index is 446. The Kier molecular flexibility index (Phi) is 5.40. The molecule has 0 aliphatic rings. The van der Waals surface area contributed by atoms with Crippen molar-refractivity contribution in [3.63, 3.8) is 0 Å². The number of alkyl halides is 4. The van der Waals surface area contributed by atoms with E-state index in [2.05, 4.69) is 21.2 Å². The predicted molar refractivity (Wildman–Crippen MR) is 71.3 cm³/mol. The van der Waals surface area contributed by atoms with Crippen molar-refractivity contribution in [2.75, 3.05) is 5.33 Å². The summed E-state index contributed by atoms with van der Waals surface area (Å²) >= 11 is 3.24. The van der Waals surface area contributed by atoms with Crippen molar-refractivity contribution < 1.29 is 18.0 Å². The van der Waals surface area contributed by atoms with Crippen LogP contribution in [0, 0.1) is 5.92 Å². The molecule has 0 aromatic heterocycles. The molecule has 1 atom stereocenters. The van der Waals surface area contributed by atoms with Gasteiger partial charge in [0.2, 0.25) is 0 Å². The summed E-state index contributed by atoms with van der Waals surface area (Å²) in [6.07, 6.45) is -4.53. The lowest BCUT2D eigenvalue weighted by Gasteiger charge is -2.21. The highest BCUT2D eigenvalue weighted by molar-refractivity contribution is 9.09. The maximum atomic E-state index is 12.8. The molecule has 1 amide bonds. The molecule has 1 unspecified atom stereocenters. The molecule has 1 N–H and O–H groups in total. The van der Waals surface area contributed by atoms with Gasteiger partial charge < -0.3 is 5.32 Å². The third-order valence-electron chi connectivity index (χ3n) is 2.76. The molecule has 1 aromatic rings. The van der Waals surface area contributed by atoms with Crippen LogP contribution in [-0.2, 0) is 6.18 Å². The quantitative estimate of drug-likeness (QED) is 0.830. The SMILES string of the molecule is CC(C)C(CBr)NC(=O)c1ccccc1C(F)(F)F. The van der Waals surface area contributed by atoms with E-state index in [0.717, 1.165) is 6.07 Å². The molecule has 1 rings (SSSR count). The van der Waals surface area contributed by atoms with E-state index in [1.807, 2.05) is 13.8 Å². The monoisotopic (exact) mass is 337 g/mol. The zero-order valence-corrected chi connectivity index (χ0v) is 12.2. The highest BCUT2D eigenvalue weighted by Gasteiger charge is 2.35. The second-order valence-electron chi connectivity index (χ2n) is 4.52. The highest BCUT2D eigenvalue weighted by atomic mass is 79.9. The maximum absolute atomic E-state index is 12.8. The Balaban J connectivity index is 3.01. The van der Waals surface area contributed by atoms with Crippen molar-refractivity contribution in [3.05, 3.63) is 35.4 Å². The van der Waals surface area contributed by atoms with Gasteiger partial charge in [-0.1, -0.05) is 41.9 Å². The Labute approximate surface area is 118 Å². The van der Waals surface area contributed by atoms with Gasteiger partial charge in [-0.05, 0) is 18.1 Å². The van der Waals surface area contributed by atoms with E-state index in [4.69, 9.17) is 0 Å². The van der Waals surface area contributed by atoms with Crippen LogP contribution in [0.2, 0.25) is 0 Å². The molecule has 0 heterocycles. The van der Waals surface area contributed by atoms with Crippen molar-refractivity contribution in [3.8, 4) is 0 Å². The second-order valence-corrected chi connectivity index (χ2v) is 5.17. The summed E-state index contributed by atoms with van der Waals surface area (Å²) in [5.74, 6) is -0.576. The van der Waals surface area contributed by atoms with Gasteiger partial charge >= 0.3 is 6.18 Å². The molecule has 0 fully saturated rings. The summed E-state index contributed by atoms with van der Waals surface area (Å²) in [5, 5.41) is 3.10. The zero-order valence-electron chi connectivity index (χ0n) is 10.6. The first kappa shape index (κ1) is 16.0. The van der Waals surface area contributed by atoms with Crippen molar-refractivity contribution in [2.24, 2.45) is 5.92 Å². The summed E-state index contributed by atoms with van der Waals surface area (Å²) in [4.78, 5) is 12.0. The molecule has 0 saturated heterocycles. The number of hydrogen-bond acceptors (Lipinski definition) is 1. The van der Waals surface area contributed by atoms with Crippen LogP contribution in [0.15, 0.2) is 24.3 Å². The van der Waals surface area contributed by atoms with E-state index in [9.17, 15) is 18.0 Å². The third kappa shape index (κ3) is 4.23. The minimum absolute atomic E-state index is 0.126. The minimum atomic E-state index is -4.53. The van der Waals surface area contributed by atoms with Gasteiger partial charge in [0, 0.05) is 11.4 Å². The van der Waals surface area contributed by atoms with Crippen LogP contribution >= 0.6 is 15.9 Å². The summed E-state index contributed by atoms with van der Waals surface area (Å²) in [6, 6.07) is 4.57. The molecule has 2 nitrogen and oxygen atoms in total. The van der Waals surface area contributed by atoms with Crippen molar-refractivity contribution in [1.82, 2.24) is 5.32 Å². The van der Waals surface area contributed by atoms with Gasteiger partial charge in [-0.2, -0.15) is 13.2 Å². The second kappa shape index (κ2) is 6.41. The van der Waals surface area contributed by atoms with E-state index >= 15 is 0 Å². The zero-order chi connectivity index (χ0) is 14.6. The first-order valence-electron chi connectivity index (χ1n) is 5.80. The molecule has 106 valence electrons. The van der Waals surface area contributed by atoms with E-state index < -0.39 is 17.6 Å². The number of hydrogen-bond donors (Lipinski definition) is 1. The molecule has 1 aromatic carbocycles. The van der Waals surface area contributed by atoms with Crippen LogP contribution in [0.5, 0.6) is 0 Å². The van der Waals surface area contributed by atoms with Gasteiger partial charge in [0.15, 0.2) is 0 Å². The van der Waals surface area contributed by atoms with Crippen LogP contribution in [0.25, 0.3) is 0 Å². The van der Waals surface area contributed by atoms with Crippen LogP contribution < -0.4 is 5.32 Å². The van der Waals surface area contributed by atoms with Gasteiger partial charge in [-0.15, -0.1) is 0 Å². The lowest BCUT2D eigenvalue weighted by Crippen LogP contribution is -2.40. The predicted octanol–water partition coefficient (Wildman–Crippen LogP) is 3.85. The van der Waals surface area contributed by atoms with E-state index in [0.29, 0.717) is 5.33 Å². The lowest BCUT2D eigenvalue weighted by atomic mass is 10.0. The topological polar surface area (TPSA) is 29.1 Å². The average Bonchev–Trinajstić information content (AvgIpc) is 2.34. The fourth-order valence-electron chi connectivity index (χ4n) is 1.56. The fourth-order valence-corrected chi connectivity index (χ4v) is 2.47. The fraction of sp³-hybridized carbons (Fsp3) is 0.462. The van der Waals surface area contributed by atoms with Crippen LogP contribution in [0.4, 0.5) is 13.2 Å². The molecule has 0 saturated carbocycles. The Hall–Kier alpha value is -1.04. The number of nitrogens with one attached hydrogen (secondary N) is 1. The first-order valence-corrected chi connectivity index (χ1v) is 6.92. The summed E-state index contributed by atoms with van der Waals surface area (Å²) < 4.78 is 38.4. The smallest absolute Gasteiger partial charge is 0.348 e. The number of rotatable bonds is 4. The van der Waals surface area contributed by atoms with E-state index in [1.165, 1.54) is 18.2 Å². The van der Waals surface area contributed by atoms with E-state index in [1.54, 1.807) is 0 Å². The number of carbonyl (C=O) groups is 1. The van der Waals surface area contributed by atoms with Gasteiger partial charge in [-0.3, -0.25) is 4.79 Å². The van der Waals surface area contributed by atoms with Crippen LogP contribution in [0.3, 0.4) is 0 Å². The minimum Gasteiger partial charge on any atom is -0.348 e. The Morgan fingerprint density at radius 1 is 1.32 bits per heavy atom. The van der Waals surface area contributed by atoms with Gasteiger partial charge in [0.05, 0.1) is 11.1 Å². The molecular weight excluding hydrogens is 323 g/mol. The normalized spacial score (nSPS) is 13.4. The van der Waals surface area contributed by atoms with Gasteiger partial charge in [0.25, 0.3) is 5.91 Å². The Morgan fingerprint density at radius 2 is 1.89 bits per heavy atom. The van der Waals surface area contributed by atoms with Crippen LogP contribution in [-0.4, -0.2) is 17.3 Å². The van der Waals surface area contributed by atoms with Crippen molar-refractivity contribution in [1.29, 1.82) is 0 Å². The van der Waals surface area contributed by atoms with E-state index in [-0.39, 0.29) is 17.5 Å². The molecule has 0 aliphatic heterocycles. The molecule has 19 heavy (non-hydrogen) atoms. The number of carbonyl (C=O) groups excluding carboxylic acids is 1.